The van der Waals surface area contributed by atoms with Crippen LogP contribution >= 0.6 is 11.8 Å². The second-order valence-electron chi connectivity index (χ2n) is 7.10. The lowest BCUT2D eigenvalue weighted by Crippen LogP contribution is -2.51. The van der Waals surface area contributed by atoms with Gasteiger partial charge in [-0.15, -0.1) is 11.8 Å². The Hall–Kier alpha value is -2.35. The fourth-order valence-electron chi connectivity index (χ4n) is 3.70. The molecular formula is C20H23FN4O2S. The molecule has 2 aromatic rings. The molecule has 6 nitrogen and oxygen atoms in total. The second-order valence-corrected chi connectivity index (χ2v) is 8.15. The van der Waals surface area contributed by atoms with Crippen molar-refractivity contribution < 1.29 is 14.0 Å². The van der Waals surface area contributed by atoms with Crippen LogP contribution in [0.25, 0.3) is 0 Å². The molecule has 0 saturated carbocycles. The van der Waals surface area contributed by atoms with Gasteiger partial charge in [0, 0.05) is 37.6 Å². The highest BCUT2D eigenvalue weighted by molar-refractivity contribution is 8.00. The zero-order valence-electron chi connectivity index (χ0n) is 15.6. The molecule has 3 heterocycles. The Morgan fingerprint density at radius 3 is 2.46 bits per heavy atom. The van der Waals surface area contributed by atoms with Gasteiger partial charge < -0.3 is 9.80 Å². The van der Waals surface area contributed by atoms with Gasteiger partial charge in [0.05, 0.1) is 23.2 Å². The van der Waals surface area contributed by atoms with Crippen molar-refractivity contribution in [1.29, 1.82) is 0 Å². The van der Waals surface area contributed by atoms with Crippen LogP contribution in [0.5, 0.6) is 0 Å². The number of amides is 2. The Morgan fingerprint density at radius 2 is 1.71 bits per heavy atom. The maximum absolute atomic E-state index is 13.0. The number of thioether (sulfide) groups is 1. The molecular weight excluding hydrogens is 379 g/mol. The summed E-state index contributed by atoms with van der Waals surface area (Å²) in [4.78, 5) is 29.8. The molecule has 1 fully saturated rings. The van der Waals surface area contributed by atoms with Gasteiger partial charge in [0.15, 0.2) is 0 Å². The lowest BCUT2D eigenvalue weighted by molar-refractivity contribution is -0.129. The Balaban J connectivity index is 1.29. The normalized spacial score (nSPS) is 16.8. The van der Waals surface area contributed by atoms with Gasteiger partial charge in [-0.05, 0) is 43.5 Å². The largest absolute Gasteiger partial charge is 0.338 e. The number of piperazine rings is 1. The third-order valence-corrected chi connectivity index (χ3v) is 6.30. The average molecular weight is 402 g/mol. The van der Waals surface area contributed by atoms with Crippen molar-refractivity contribution in [2.75, 3.05) is 31.9 Å². The third kappa shape index (κ3) is 4.06. The number of aryl methyl sites for hydroxylation is 1. The number of hydrogen-bond donors (Lipinski definition) is 0. The fraction of sp³-hybridized carbons (Fsp3) is 0.450. The molecule has 0 spiro atoms. The number of carbonyl (C=O) groups is 2. The van der Waals surface area contributed by atoms with Crippen LogP contribution in [0.2, 0.25) is 0 Å². The van der Waals surface area contributed by atoms with E-state index in [1.807, 2.05) is 9.58 Å². The predicted molar refractivity (Wildman–Crippen MR) is 105 cm³/mol. The topological polar surface area (TPSA) is 58.4 Å². The first-order valence-electron chi connectivity index (χ1n) is 9.62. The van der Waals surface area contributed by atoms with E-state index in [9.17, 15) is 14.0 Å². The number of nitrogens with zero attached hydrogens (tertiary/aromatic N) is 4. The summed E-state index contributed by atoms with van der Waals surface area (Å²) in [5, 5.41) is 4.35. The van der Waals surface area contributed by atoms with Crippen LogP contribution in [0.1, 0.15) is 28.9 Å². The van der Waals surface area contributed by atoms with E-state index in [-0.39, 0.29) is 17.6 Å². The highest BCUT2D eigenvalue weighted by Gasteiger charge is 2.28. The number of benzene rings is 1. The molecule has 2 aliphatic heterocycles. The lowest BCUT2D eigenvalue weighted by Gasteiger charge is -2.34. The maximum atomic E-state index is 13.0. The van der Waals surface area contributed by atoms with E-state index in [0.717, 1.165) is 36.4 Å². The summed E-state index contributed by atoms with van der Waals surface area (Å²) in [7, 11) is 0. The van der Waals surface area contributed by atoms with E-state index >= 15 is 0 Å². The summed E-state index contributed by atoms with van der Waals surface area (Å²) in [5.74, 6) is 0.104. The SMILES string of the molecule is O=C(CSc1ccc(F)cc1)N1CCN(C(=O)c2cnn3c2CCCC3)CC1. The van der Waals surface area contributed by atoms with Crippen molar-refractivity contribution in [2.24, 2.45) is 0 Å². The van der Waals surface area contributed by atoms with E-state index in [0.29, 0.717) is 37.5 Å². The molecule has 0 aliphatic carbocycles. The summed E-state index contributed by atoms with van der Waals surface area (Å²) in [6.07, 6.45) is 4.80. The highest BCUT2D eigenvalue weighted by atomic mass is 32.2. The van der Waals surface area contributed by atoms with Crippen molar-refractivity contribution in [1.82, 2.24) is 19.6 Å². The second kappa shape index (κ2) is 8.34. The highest BCUT2D eigenvalue weighted by Crippen LogP contribution is 2.21. The zero-order valence-corrected chi connectivity index (χ0v) is 16.5. The Morgan fingerprint density at radius 1 is 1.00 bits per heavy atom. The van der Waals surface area contributed by atoms with Gasteiger partial charge in [0.2, 0.25) is 5.91 Å². The predicted octanol–water partition coefficient (Wildman–Crippen LogP) is 2.44. The maximum Gasteiger partial charge on any atom is 0.257 e. The molecule has 2 amide bonds. The van der Waals surface area contributed by atoms with Crippen molar-refractivity contribution in [3.63, 3.8) is 0 Å². The minimum absolute atomic E-state index is 0.0240. The summed E-state index contributed by atoms with van der Waals surface area (Å²) in [5.41, 5.74) is 1.76. The number of rotatable bonds is 4. The van der Waals surface area contributed by atoms with Crippen LogP contribution in [0.3, 0.4) is 0 Å². The van der Waals surface area contributed by atoms with Gasteiger partial charge in [0.25, 0.3) is 5.91 Å². The molecule has 2 aliphatic rings. The van der Waals surface area contributed by atoms with Gasteiger partial charge in [-0.3, -0.25) is 14.3 Å². The minimum Gasteiger partial charge on any atom is -0.338 e. The first kappa shape index (κ1) is 19.0. The van der Waals surface area contributed by atoms with Crippen LogP contribution in [0, 0.1) is 5.82 Å². The van der Waals surface area contributed by atoms with Crippen LogP contribution in [-0.2, 0) is 17.8 Å². The molecule has 8 heteroatoms. The lowest BCUT2D eigenvalue weighted by atomic mass is 10.1. The zero-order chi connectivity index (χ0) is 19.5. The van der Waals surface area contributed by atoms with Crippen molar-refractivity contribution in [3.05, 3.63) is 47.5 Å². The van der Waals surface area contributed by atoms with Gasteiger partial charge in [-0.1, -0.05) is 0 Å². The Bertz CT molecular complexity index is 860. The van der Waals surface area contributed by atoms with Crippen LogP contribution in [-0.4, -0.2) is 63.3 Å². The summed E-state index contributed by atoms with van der Waals surface area (Å²) in [6.45, 7) is 3.04. The molecule has 1 aromatic carbocycles. The first-order chi connectivity index (χ1) is 13.6. The molecule has 1 aromatic heterocycles. The molecule has 4 rings (SSSR count). The molecule has 0 radical (unpaired) electrons. The number of aromatic nitrogens is 2. The van der Waals surface area contributed by atoms with Gasteiger partial charge in [-0.25, -0.2) is 4.39 Å². The van der Waals surface area contributed by atoms with E-state index in [2.05, 4.69) is 5.10 Å². The smallest absolute Gasteiger partial charge is 0.257 e. The molecule has 0 bridgehead atoms. The van der Waals surface area contributed by atoms with Gasteiger partial charge >= 0.3 is 0 Å². The fourth-order valence-corrected chi connectivity index (χ4v) is 4.50. The molecule has 0 atom stereocenters. The standard InChI is InChI=1S/C20H23FN4O2S/c21-15-4-6-16(7-5-15)28-14-19(26)23-9-11-24(12-10-23)20(27)17-13-22-25-8-2-1-3-18(17)25/h4-7,13H,1-3,8-12,14H2. The third-order valence-electron chi connectivity index (χ3n) is 5.31. The van der Waals surface area contributed by atoms with Crippen LogP contribution < -0.4 is 0 Å². The molecule has 0 N–H and O–H groups in total. The van der Waals surface area contributed by atoms with E-state index in [4.69, 9.17) is 0 Å². The molecule has 0 unspecified atom stereocenters. The van der Waals surface area contributed by atoms with Crippen molar-refractivity contribution in [3.8, 4) is 0 Å². The van der Waals surface area contributed by atoms with Crippen LogP contribution in [0.15, 0.2) is 35.4 Å². The summed E-state index contributed by atoms with van der Waals surface area (Å²) >= 11 is 1.40. The number of hydrogen-bond acceptors (Lipinski definition) is 4. The molecule has 148 valence electrons. The first-order valence-corrected chi connectivity index (χ1v) is 10.6. The quantitative estimate of drug-likeness (QED) is 0.737. The number of halogens is 1. The van der Waals surface area contributed by atoms with E-state index in [1.54, 1.807) is 23.2 Å². The number of carbonyl (C=O) groups excluding carboxylic acids is 2. The Labute approximate surface area is 167 Å². The van der Waals surface area contributed by atoms with Crippen LogP contribution in [0.4, 0.5) is 4.39 Å². The monoisotopic (exact) mass is 402 g/mol. The molecule has 1 saturated heterocycles. The minimum atomic E-state index is -0.281. The van der Waals surface area contributed by atoms with Gasteiger partial charge in [0.1, 0.15) is 5.82 Å². The van der Waals surface area contributed by atoms with Crippen molar-refractivity contribution >= 4 is 23.6 Å². The van der Waals surface area contributed by atoms with Gasteiger partial charge in [-0.2, -0.15) is 5.10 Å². The molecule has 28 heavy (non-hydrogen) atoms. The summed E-state index contributed by atoms with van der Waals surface area (Å²) in [6, 6.07) is 6.15. The average Bonchev–Trinajstić information content (AvgIpc) is 3.17. The summed E-state index contributed by atoms with van der Waals surface area (Å²) < 4.78 is 14.9. The number of fused-ring (bicyclic) bond motifs is 1. The Kier molecular flexibility index (Phi) is 5.66. The van der Waals surface area contributed by atoms with Crippen molar-refractivity contribution in [2.45, 2.75) is 30.7 Å². The van der Waals surface area contributed by atoms with E-state index < -0.39 is 0 Å². The van der Waals surface area contributed by atoms with E-state index in [1.165, 1.54) is 23.9 Å².